The van der Waals surface area contributed by atoms with Gasteiger partial charge < -0.3 is 0 Å². The van der Waals surface area contributed by atoms with Crippen LogP contribution in [0.2, 0.25) is 0 Å². The molecule has 0 unspecified atom stereocenters. The number of hydrogen-bond donors (Lipinski definition) is 0. The molecule has 2 rings (SSSR count). The van der Waals surface area contributed by atoms with Crippen molar-refractivity contribution in [3.63, 3.8) is 0 Å². The van der Waals surface area contributed by atoms with Gasteiger partial charge in [0.25, 0.3) is 5.69 Å². The van der Waals surface area contributed by atoms with E-state index in [9.17, 15) is 10.1 Å². The average Bonchev–Trinajstić information content (AvgIpc) is 2.77. The summed E-state index contributed by atoms with van der Waals surface area (Å²) in [7, 11) is 0. The van der Waals surface area contributed by atoms with E-state index in [1.807, 2.05) is 0 Å². The molecule has 0 radical (unpaired) electrons. The van der Waals surface area contributed by atoms with Gasteiger partial charge in [0.15, 0.2) is 0 Å². The van der Waals surface area contributed by atoms with Crippen molar-refractivity contribution in [2.75, 3.05) is 5.33 Å². The summed E-state index contributed by atoms with van der Waals surface area (Å²) in [5.74, 6) is 0. The molecule has 0 N–H and O–H groups in total. The molecule has 1 aromatic heterocycles. The van der Waals surface area contributed by atoms with Crippen molar-refractivity contribution < 1.29 is 4.92 Å². The van der Waals surface area contributed by atoms with Crippen LogP contribution >= 0.6 is 31.9 Å². The number of rotatable bonds is 4. The summed E-state index contributed by atoms with van der Waals surface area (Å²) < 4.78 is 2.01. The van der Waals surface area contributed by atoms with Crippen LogP contribution in [0.3, 0.4) is 0 Å². The molecule has 0 aliphatic rings. The van der Waals surface area contributed by atoms with Crippen molar-refractivity contribution in [2.45, 2.75) is 6.42 Å². The van der Waals surface area contributed by atoms with Gasteiger partial charge in [0.2, 0.25) is 0 Å². The van der Waals surface area contributed by atoms with Gasteiger partial charge in [-0.3, -0.25) is 10.1 Å². The number of alkyl halides is 1. The molecule has 0 saturated heterocycles. The minimum absolute atomic E-state index is 0.0274. The van der Waals surface area contributed by atoms with E-state index in [0.717, 1.165) is 23.1 Å². The largest absolute Gasteiger partial charge is 0.283 e. The molecule has 18 heavy (non-hydrogen) atoms. The summed E-state index contributed by atoms with van der Waals surface area (Å²) >= 11 is 6.50. The third-order valence-electron chi connectivity index (χ3n) is 2.28. The Hall–Kier alpha value is -1.28. The third-order valence-corrected chi connectivity index (χ3v) is 3.32. The Bertz CT molecular complexity index is 585. The molecule has 0 fully saturated rings. The van der Waals surface area contributed by atoms with Crippen molar-refractivity contribution in [3.05, 3.63) is 44.7 Å². The van der Waals surface area contributed by atoms with E-state index in [0.29, 0.717) is 4.47 Å². The first-order chi connectivity index (χ1) is 8.61. The fraction of sp³-hybridized carbons (Fsp3) is 0.200. The number of hydrogen-bond acceptors (Lipinski definition) is 4. The van der Waals surface area contributed by atoms with Gasteiger partial charge in [0.05, 0.1) is 27.0 Å². The van der Waals surface area contributed by atoms with Gasteiger partial charge in [-0.05, 0) is 28.1 Å². The van der Waals surface area contributed by atoms with Gasteiger partial charge in [-0.1, -0.05) is 21.1 Å². The van der Waals surface area contributed by atoms with E-state index in [1.165, 1.54) is 6.07 Å². The standard InChI is InChI=1S/C10H8Br2N4O2/c11-4-3-7-6-15(14-13-7)8-1-2-10(16(17)18)9(12)5-8/h1-2,5-6H,3-4H2. The summed E-state index contributed by atoms with van der Waals surface area (Å²) in [6, 6.07) is 4.71. The minimum Gasteiger partial charge on any atom is -0.258 e. The van der Waals surface area contributed by atoms with Crippen LogP contribution in [0.5, 0.6) is 0 Å². The second-order valence-corrected chi connectivity index (χ2v) is 5.13. The molecule has 0 amide bonds. The van der Waals surface area contributed by atoms with E-state index >= 15 is 0 Å². The normalized spacial score (nSPS) is 10.6. The average molecular weight is 376 g/mol. The van der Waals surface area contributed by atoms with Crippen LogP contribution in [-0.2, 0) is 6.42 Å². The smallest absolute Gasteiger partial charge is 0.258 e. The first-order valence-corrected chi connectivity index (χ1v) is 6.95. The lowest BCUT2D eigenvalue weighted by atomic mass is 10.3. The van der Waals surface area contributed by atoms with Crippen LogP contribution in [0.15, 0.2) is 28.9 Å². The highest BCUT2D eigenvalue weighted by Crippen LogP contribution is 2.26. The van der Waals surface area contributed by atoms with Crippen molar-refractivity contribution in [1.82, 2.24) is 15.0 Å². The van der Waals surface area contributed by atoms with Crippen LogP contribution < -0.4 is 0 Å². The van der Waals surface area contributed by atoms with E-state index in [1.54, 1.807) is 23.0 Å². The molecule has 0 saturated carbocycles. The van der Waals surface area contributed by atoms with E-state index in [-0.39, 0.29) is 5.69 Å². The van der Waals surface area contributed by atoms with Crippen LogP contribution in [0.25, 0.3) is 5.69 Å². The molecule has 0 aliphatic heterocycles. The summed E-state index contributed by atoms with van der Waals surface area (Å²) in [4.78, 5) is 10.3. The number of nitrogens with zero attached hydrogens (tertiary/aromatic N) is 4. The summed E-state index contributed by atoms with van der Waals surface area (Å²) in [5.41, 5.74) is 1.61. The summed E-state index contributed by atoms with van der Waals surface area (Å²) in [5, 5.41) is 19.5. The maximum atomic E-state index is 10.7. The molecule has 0 spiro atoms. The monoisotopic (exact) mass is 374 g/mol. The van der Waals surface area contributed by atoms with Gasteiger partial charge in [-0.2, -0.15) is 0 Å². The van der Waals surface area contributed by atoms with Crippen LogP contribution in [0.1, 0.15) is 5.69 Å². The Morgan fingerprint density at radius 1 is 1.44 bits per heavy atom. The van der Waals surface area contributed by atoms with Gasteiger partial charge in [-0.15, -0.1) is 5.10 Å². The Balaban J connectivity index is 2.33. The van der Waals surface area contributed by atoms with Crippen LogP contribution in [0.4, 0.5) is 5.69 Å². The molecule has 6 nitrogen and oxygen atoms in total. The van der Waals surface area contributed by atoms with Gasteiger partial charge in [0, 0.05) is 17.8 Å². The second kappa shape index (κ2) is 5.57. The lowest BCUT2D eigenvalue weighted by Crippen LogP contribution is -1.96. The van der Waals surface area contributed by atoms with Gasteiger partial charge in [-0.25, -0.2) is 4.68 Å². The molecule has 0 bridgehead atoms. The zero-order valence-electron chi connectivity index (χ0n) is 9.08. The number of nitro benzene ring substituents is 1. The SMILES string of the molecule is O=[N+]([O-])c1ccc(-n2cc(CCBr)nn2)cc1Br. The van der Waals surface area contributed by atoms with E-state index in [2.05, 4.69) is 42.2 Å². The fourth-order valence-electron chi connectivity index (χ4n) is 1.42. The van der Waals surface area contributed by atoms with Crippen molar-refractivity contribution in [1.29, 1.82) is 0 Å². The van der Waals surface area contributed by atoms with Crippen LogP contribution in [0, 0.1) is 10.1 Å². The molecular weight excluding hydrogens is 368 g/mol. The molecular formula is C10H8Br2N4O2. The Morgan fingerprint density at radius 2 is 2.22 bits per heavy atom. The maximum Gasteiger partial charge on any atom is 0.283 e. The van der Waals surface area contributed by atoms with E-state index < -0.39 is 4.92 Å². The highest BCUT2D eigenvalue weighted by atomic mass is 79.9. The number of halogens is 2. The van der Waals surface area contributed by atoms with E-state index in [4.69, 9.17) is 0 Å². The fourth-order valence-corrected chi connectivity index (χ4v) is 2.34. The number of benzene rings is 1. The van der Waals surface area contributed by atoms with Crippen molar-refractivity contribution in [3.8, 4) is 5.69 Å². The zero-order chi connectivity index (χ0) is 13.1. The predicted molar refractivity (Wildman–Crippen MR) is 73.2 cm³/mol. The third kappa shape index (κ3) is 2.75. The highest BCUT2D eigenvalue weighted by molar-refractivity contribution is 9.10. The van der Waals surface area contributed by atoms with Gasteiger partial charge >= 0.3 is 0 Å². The second-order valence-electron chi connectivity index (χ2n) is 3.49. The molecule has 0 aliphatic carbocycles. The maximum absolute atomic E-state index is 10.7. The molecule has 0 atom stereocenters. The molecule has 1 heterocycles. The lowest BCUT2D eigenvalue weighted by Gasteiger charge is -2.01. The predicted octanol–water partition coefficient (Wildman–Crippen LogP) is 2.88. The lowest BCUT2D eigenvalue weighted by molar-refractivity contribution is -0.385. The zero-order valence-corrected chi connectivity index (χ0v) is 12.3. The Kier molecular flexibility index (Phi) is 4.07. The first kappa shape index (κ1) is 13.2. The Labute approximate surface area is 119 Å². The quantitative estimate of drug-likeness (QED) is 0.467. The van der Waals surface area contributed by atoms with Crippen LogP contribution in [-0.4, -0.2) is 25.2 Å². The molecule has 94 valence electrons. The summed E-state index contributed by atoms with van der Waals surface area (Å²) in [6.45, 7) is 0. The highest BCUT2D eigenvalue weighted by Gasteiger charge is 2.13. The minimum atomic E-state index is -0.439. The first-order valence-electron chi connectivity index (χ1n) is 5.03. The molecule has 2 aromatic rings. The Morgan fingerprint density at radius 3 is 2.83 bits per heavy atom. The number of aromatic nitrogens is 3. The summed E-state index contributed by atoms with van der Waals surface area (Å²) in [6.07, 6.45) is 2.59. The van der Waals surface area contributed by atoms with Crippen molar-refractivity contribution >= 4 is 37.5 Å². The number of aryl methyl sites for hydroxylation is 1. The molecule has 1 aromatic carbocycles. The van der Waals surface area contributed by atoms with Crippen molar-refractivity contribution in [2.24, 2.45) is 0 Å². The molecule has 8 heteroatoms. The topological polar surface area (TPSA) is 73.8 Å². The number of nitro groups is 1. The van der Waals surface area contributed by atoms with Gasteiger partial charge in [0.1, 0.15) is 0 Å².